The molecule has 1 aromatic rings. The molecule has 0 saturated heterocycles. The standard InChI is InChI=1S/C14H21N3OS/c1-4-17(5-2)12(18)9-16-13-10(3)7-6-8-11(13)14(15)19/h6-8,16H,4-5,9H2,1-3H3,(H2,15,19). The van der Waals surface area contributed by atoms with Crippen LogP contribution in [0.4, 0.5) is 5.69 Å². The van der Waals surface area contributed by atoms with E-state index in [-0.39, 0.29) is 12.5 Å². The Kier molecular flexibility index (Phi) is 5.76. The average molecular weight is 279 g/mol. The zero-order valence-electron chi connectivity index (χ0n) is 11.7. The summed E-state index contributed by atoms with van der Waals surface area (Å²) in [6.45, 7) is 7.58. The van der Waals surface area contributed by atoms with Crippen LogP contribution < -0.4 is 11.1 Å². The van der Waals surface area contributed by atoms with Crippen molar-refractivity contribution in [2.75, 3.05) is 25.0 Å². The van der Waals surface area contributed by atoms with E-state index in [0.29, 0.717) is 18.1 Å². The van der Waals surface area contributed by atoms with E-state index in [9.17, 15) is 4.79 Å². The summed E-state index contributed by atoms with van der Waals surface area (Å²) in [6, 6.07) is 5.73. The molecule has 5 heteroatoms. The highest BCUT2D eigenvalue weighted by Gasteiger charge is 2.12. The Bertz CT molecular complexity index is 470. The molecule has 0 radical (unpaired) electrons. The molecule has 1 rings (SSSR count). The molecule has 0 aliphatic heterocycles. The molecule has 0 fully saturated rings. The van der Waals surface area contributed by atoms with Gasteiger partial charge in [0.2, 0.25) is 5.91 Å². The monoisotopic (exact) mass is 279 g/mol. The molecule has 3 N–H and O–H groups in total. The number of amides is 1. The van der Waals surface area contributed by atoms with Gasteiger partial charge in [-0.3, -0.25) is 4.79 Å². The van der Waals surface area contributed by atoms with Crippen molar-refractivity contribution in [3.05, 3.63) is 29.3 Å². The Labute approximate surface area is 120 Å². The van der Waals surface area contributed by atoms with E-state index < -0.39 is 0 Å². The fraction of sp³-hybridized carbons (Fsp3) is 0.429. The molecule has 0 aromatic heterocycles. The van der Waals surface area contributed by atoms with Crippen LogP contribution in [0.1, 0.15) is 25.0 Å². The third kappa shape index (κ3) is 3.92. The first-order valence-electron chi connectivity index (χ1n) is 6.42. The largest absolute Gasteiger partial charge is 0.389 e. The summed E-state index contributed by atoms with van der Waals surface area (Å²) >= 11 is 5.03. The number of benzene rings is 1. The van der Waals surface area contributed by atoms with Gasteiger partial charge in [0.05, 0.1) is 6.54 Å². The van der Waals surface area contributed by atoms with Crippen LogP contribution in [0, 0.1) is 6.92 Å². The summed E-state index contributed by atoms with van der Waals surface area (Å²) in [4.78, 5) is 14.1. The third-order valence-corrected chi connectivity index (χ3v) is 3.29. The number of aryl methyl sites for hydroxylation is 1. The van der Waals surface area contributed by atoms with Gasteiger partial charge in [0.1, 0.15) is 4.99 Å². The zero-order chi connectivity index (χ0) is 14.4. The molecule has 1 amide bonds. The van der Waals surface area contributed by atoms with Crippen LogP contribution in [-0.2, 0) is 4.79 Å². The predicted molar refractivity (Wildman–Crippen MR) is 83.5 cm³/mol. The quantitative estimate of drug-likeness (QED) is 0.781. The molecule has 0 atom stereocenters. The molecule has 1 aromatic carbocycles. The molecule has 0 spiro atoms. The number of nitrogens with zero attached hydrogens (tertiary/aromatic N) is 1. The number of likely N-dealkylation sites (N-methyl/N-ethyl adjacent to an activating group) is 1. The van der Waals surface area contributed by atoms with Crippen molar-refractivity contribution in [1.29, 1.82) is 0 Å². The van der Waals surface area contributed by atoms with Crippen LogP contribution >= 0.6 is 12.2 Å². The highest BCUT2D eigenvalue weighted by Crippen LogP contribution is 2.20. The highest BCUT2D eigenvalue weighted by atomic mass is 32.1. The van der Waals surface area contributed by atoms with Gasteiger partial charge >= 0.3 is 0 Å². The van der Waals surface area contributed by atoms with Crippen molar-refractivity contribution in [1.82, 2.24) is 4.90 Å². The molecule has 4 nitrogen and oxygen atoms in total. The van der Waals surface area contributed by atoms with Gasteiger partial charge in [0.25, 0.3) is 0 Å². The van der Waals surface area contributed by atoms with E-state index in [0.717, 1.165) is 16.8 Å². The van der Waals surface area contributed by atoms with E-state index >= 15 is 0 Å². The zero-order valence-corrected chi connectivity index (χ0v) is 12.5. The third-order valence-electron chi connectivity index (χ3n) is 3.07. The summed E-state index contributed by atoms with van der Waals surface area (Å²) in [5.41, 5.74) is 8.35. The van der Waals surface area contributed by atoms with Gasteiger partial charge in [0, 0.05) is 24.3 Å². The second-order valence-corrected chi connectivity index (χ2v) is 4.72. The molecular formula is C14H21N3OS. The highest BCUT2D eigenvalue weighted by molar-refractivity contribution is 7.80. The van der Waals surface area contributed by atoms with Crippen LogP contribution in [0.25, 0.3) is 0 Å². The molecule has 19 heavy (non-hydrogen) atoms. The maximum absolute atomic E-state index is 12.0. The maximum Gasteiger partial charge on any atom is 0.241 e. The van der Waals surface area contributed by atoms with Gasteiger partial charge in [-0.15, -0.1) is 0 Å². The Morgan fingerprint density at radius 2 is 2.00 bits per heavy atom. The number of para-hydroxylation sites is 1. The molecule has 0 aliphatic rings. The van der Waals surface area contributed by atoms with Crippen molar-refractivity contribution in [3.8, 4) is 0 Å². The normalized spacial score (nSPS) is 10.1. The molecular weight excluding hydrogens is 258 g/mol. The smallest absolute Gasteiger partial charge is 0.241 e. The maximum atomic E-state index is 12.0. The molecule has 0 saturated carbocycles. The first-order chi connectivity index (χ1) is 9.01. The first-order valence-corrected chi connectivity index (χ1v) is 6.83. The molecule has 0 aliphatic carbocycles. The topological polar surface area (TPSA) is 58.4 Å². The molecule has 0 bridgehead atoms. The number of nitrogens with one attached hydrogen (secondary N) is 1. The predicted octanol–water partition coefficient (Wildman–Crippen LogP) is 1.91. The number of hydrogen-bond donors (Lipinski definition) is 2. The van der Waals surface area contributed by atoms with Crippen LogP contribution in [0.15, 0.2) is 18.2 Å². The molecule has 0 unspecified atom stereocenters. The van der Waals surface area contributed by atoms with Crippen molar-refractivity contribution >= 4 is 28.8 Å². The van der Waals surface area contributed by atoms with E-state index in [1.807, 2.05) is 39.0 Å². The Morgan fingerprint density at radius 3 is 2.53 bits per heavy atom. The fourth-order valence-electron chi connectivity index (χ4n) is 1.96. The van der Waals surface area contributed by atoms with Crippen LogP contribution in [-0.4, -0.2) is 35.4 Å². The lowest BCUT2D eigenvalue weighted by Crippen LogP contribution is -2.35. The number of carbonyl (C=O) groups is 1. The van der Waals surface area contributed by atoms with Crippen molar-refractivity contribution < 1.29 is 4.79 Å². The van der Waals surface area contributed by atoms with Gasteiger partial charge < -0.3 is 16.0 Å². The lowest BCUT2D eigenvalue weighted by atomic mass is 10.1. The second-order valence-electron chi connectivity index (χ2n) is 4.28. The van der Waals surface area contributed by atoms with E-state index in [2.05, 4.69) is 5.32 Å². The Morgan fingerprint density at radius 1 is 1.37 bits per heavy atom. The lowest BCUT2D eigenvalue weighted by molar-refractivity contribution is -0.128. The van der Waals surface area contributed by atoms with Gasteiger partial charge in [-0.2, -0.15) is 0 Å². The minimum Gasteiger partial charge on any atom is -0.389 e. The number of carbonyl (C=O) groups excluding carboxylic acids is 1. The fourth-order valence-corrected chi connectivity index (χ4v) is 2.13. The summed E-state index contributed by atoms with van der Waals surface area (Å²) in [5, 5.41) is 3.15. The van der Waals surface area contributed by atoms with E-state index in [4.69, 9.17) is 18.0 Å². The minimum atomic E-state index is 0.0714. The molecule has 104 valence electrons. The summed E-state index contributed by atoms with van der Waals surface area (Å²) in [7, 11) is 0. The van der Waals surface area contributed by atoms with Crippen LogP contribution in [0.3, 0.4) is 0 Å². The number of hydrogen-bond acceptors (Lipinski definition) is 3. The lowest BCUT2D eigenvalue weighted by Gasteiger charge is -2.20. The van der Waals surface area contributed by atoms with Crippen molar-refractivity contribution in [2.24, 2.45) is 5.73 Å². The number of nitrogens with two attached hydrogens (primary N) is 1. The van der Waals surface area contributed by atoms with E-state index in [1.54, 1.807) is 4.90 Å². The number of thiocarbonyl (C=S) groups is 1. The first kappa shape index (κ1) is 15.4. The minimum absolute atomic E-state index is 0.0714. The van der Waals surface area contributed by atoms with Crippen molar-refractivity contribution in [3.63, 3.8) is 0 Å². The van der Waals surface area contributed by atoms with Crippen LogP contribution in [0.5, 0.6) is 0 Å². The SMILES string of the molecule is CCN(CC)C(=O)CNc1c(C)cccc1C(N)=S. The molecule has 0 heterocycles. The Hall–Kier alpha value is -1.62. The van der Waals surface area contributed by atoms with Gasteiger partial charge in [-0.05, 0) is 32.4 Å². The summed E-state index contributed by atoms with van der Waals surface area (Å²) in [6.07, 6.45) is 0. The Balaban J connectivity index is 2.83. The number of anilines is 1. The number of rotatable bonds is 6. The van der Waals surface area contributed by atoms with Gasteiger partial charge in [0.15, 0.2) is 0 Å². The average Bonchev–Trinajstić information content (AvgIpc) is 2.38. The summed E-state index contributed by atoms with van der Waals surface area (Å²) in [5.74, 6) is 0.0714. The summed E-state index contributed by atoms with van der Waals surface area (Å²) < 4.78 is 0. The van der Waals surface area contributed by atoms with Gasteiger partial charge in [-0.25, -0.2) is 0 Å². The van der Waals surface area contributed by atoms with Crippen molar-refractivity contribution in [2.45, 2.75) is 20.8 Å². The second kappa shape index (κ2) is 7.09. The van der Waals surface area contributed by atoms with Crippen LogP contribution in [0.2, 0.25) is 0 Å². The van der Waals surface area contributed by atoms with Gasteiger partial charge in [-0.1, -0.05) is 24.4 Å². The van der Waals surface area contributed by atoms with E-state index in [1.165, 1.54) is 0 Å².